The Morgan fingerprint density at radius 1 is 1.24 bits per heavy atom. The van der Waals surface area contributed by atoms with Crippen molar-refractivity contribution in [3.63, 3.8) is 0 Å². The topological polar surface area (TPSA) is 54.0 Å². The lowest BCUT2D eigenvalue weighted by atomic mass is 10.2. The van der Waals surface area contributed by atoms with Crippen LogP contribution in [0.5, 0.6) is 11.5 Å². The predicted molar refractivity (Wildman–Crippen MR) is 61.7 cm³/mol. The van der Waals surface area contributed by atoms with Gasteiger partial charge in [0.05, 0.1) is 25.9 Å². The molecule has 0 radical (unpaired) electrons. The molecule has 0 unspecified atom stereocenters. The van der Waals surface area contributed by atoms with E-state index in [1.165, 1.54) is 7.11 Å². The van der Waals surface area contributed by atoms with E-state index >= 15 is 0 Å². The van der Waals surface area contributed by atoms with Gasteiger partial charge in [-0.15, -0.1) is 0 Å². The minimum absolute atomic E-state index is 0.0462. The molecule has 0 aliphatic rings. The van der Waals surface area contributed by atoms with Gasteiger partial charge in [-0.3, -0.25) is 4.79 Å². The van der Waals surface area contributed by atoms with Gasteiger partial charge >= 0.3 is 0 Å². The van der Waals surface area contributed by atoms with Crippen LogP contribution in [0.2, 0.25) is 0 Å². The Labute approximate surface area is 100 Å². The number of carbonyl (C=O) groups is 1. The zero-order valence-electron chi connectivity index (χ0n) is 9.97. The van der Waals surface area contributed by atoms with Crippen molar-refractivity contribution >= 4 is 6.29 Å². The van der Waals surface area contributed by atoms with Crippen molar-refractivity contribution in [2.24, 2.45) is 0 Å². The van der Waals surface area contributed by atoms with Crippen LogP contribution in [0.15, 0.2) is 18.2 Å². The monoisotopic (exact) mass is 240 g/mol. The summed E-state index contributed by atoms with van der Waals surface area (Å²) in [5.41, 5.74) is 0.430. The molecular weight excluding hydrogens is 224 g/mol. The summed E-state index contributed by atoms with van der Waals surface area (Å²) in [7, 11) is 3.11. The van der Waals surface area contributed by atoms with Crippen LogP contribution in [-0.2, 0) is 9.47 Å². The van der Waals surface area contributed by atoms with E-state index in [9.17, 15) is 4.79 Å². The third-order valence-corrected chi connectivity index (χ3v) is 2.07. The average Bonchev–Trinajstić information content (AvgIpc) is 2.38. The first-order valence-corrected chi connectivity index (χ1v) is 5.15. The van der Waals surface area contributed by atoms with Gasteiger partial charge in [0, 0.05) is 7.11 Å². The lowest BCUT2D eigenvalue weighted by molar-refractivity contribution is -0.00965. The quantitative estimate of drug-likeness (QED) is 0.391. The molecule has 0 aromatic heterocycles. The number of hydrogen-bond acceptors (Lipinski definition) is 5. The summed E-state index contributed by atoms with van der Waals surface area (Å²) in [5.74, 6) is 0.896. The largest absolute Gasteiger partial charge is 0.493 e. The maximum atomic E-state index is 10.8. The molecule has 5 heteroatoms. The van der Waals surface area contributed by atoms with Crippen molar-refractivity contribution in [2.45, 2.75) is 0 Å². The fraction of sp³-hybridized carbons (Fsp3) is 0.417. The second kappa shape index (κ2) is 7.65. The predicted octanol–water partition coefficient (Wildman–Crippen LogP) is 1.51. The number of rotatable bonds is 8. The van der Waals surface area contributed by atoms with E-state index in [0.717, 1.165) is 0 Å². The van der Waals surface area contributed by atoms with E-state index in [-0.39, 0.29) is 6.79 Å². The molecule has 0 bridgehead atoms. The Hall–Kier alpha value is -1.59. The minimum atomic E-state index is 0.0462. The second-order valence-corrected chi connectivity index (χ2v) is 3.16. The van der Waals surface area contributed by atoms with Gasteiger partial charge in [0.15, 0.2) is 24.6 Å². The molecule has 0 saturated carbocycles. The van der Waals surface area contributed by atoms with Crippen LogP contribution in [0.25, 0.3) is 0 Å². The van der Waals surface area contributed by atoms with Crippen LogP contribution in [0, 0.1) is 0 Å². The van der Waals surface area contributed by atoms with Crippen LogP contribution in [0.3, 0.4) is 0 Å². The highest BCUT2D eigenvalue weighted by Crippen LogP contribution is 2.29. The summed E-state index contributed by atoms with van der Waals surface area (Å²) >= 11 is 0. The maximum Gasteiger partial charge on any atom is 0.189 e. The van der Waals surface area contributed by atoms with Gasteiger partial charge in [-0.2, -0.15) is 0 Å². The van der Waals surface area contributed by atoms with Gasteiger partial charge in [-0.25, -0.2) is 0 Å². The van der Waals surface area contributed by atoms with Crippen molar-refractivity contribution in [2.75, 3.05) is 34.2 Å². The standard InChI is InChI=1S/C12H16O5/c1-14-6-7-16-9-17-12-10(8-13)4-3-5-11(12)15-2/h3-5,8H,6-7,9H2,1-2H3. The highest BCUT2D eigenvalue weighted by atomic mass is 16.7. The average molecular weight is 240 g/mol. The summed E-state index contributed by atoms with van der Waals surface area (Å²) < 4.78 is 20.4. The fourth-order valence-electron chi connectivity index (χ4n) is 1.24. The number of ether oxygens (including phenoxy) is 4. The van der Waals surface area contributed by atoms with Crippen molar-refractivity contribution in [3.8, 4) is 11.5 Å². The molecule has 0 heterocycles. The SMILES string of the molecule is COCCOCOc1c(C=O)cccc1OC. The van der Waals surface area contributed by atoms with Crippen LogP contribution >= 0.6 is 0 Å². The first-order valence-electron chi connectivity index (χ1n) is 5.15. The third-order valence-electron chi connectivity index (χ3n) is 2.07. The first-order chi connectivity index (χ1) is 8.33. The molecule has 0 spiro atoms. The lowest BCUT2D eigenvalue weighted by Crippen LogP contribution is -2.09. The van der Waals surface area contributed by atoms with E-state index in [4.69, 9.17) is 18.9 Å². The molecule has 0 saturated heterocycles. The molecule has 0 atom stereocenters. The summed E-state index contributed by atoms with van der Waals surface area (Å²) in [4.78, 5) is 10.8. The van der Waals surface area contributed by atoms with Gasteiger partial charge in [-0.1, -0.05) is 6.07 Å². The summed E-state index contributed by atoms with van der Waals surface area (Å²) in [6.45, 7) is 0.975. The molecule has 0 aliphatic carbocycles. The van der Waals surface area contributed by atoms with Gasteiger partial charge in [0.25, 0.3) is 0 Å². The number of aldehydes is 1. The number of hydrogen-bond donors (Lipinski definition) is 0. The molecule has 0 fully saturated rings. The van der Waals surface area contributed by atoms with E-state index < -0.39 is 0 Å². The Morgan fingerprint density at radius 3 is 2.71 bits per heavy atom. The molecule has 17 heavy (non-hydrogen) atoms. The minimum Gasteiger partial charge on any atom is -0.493 e. The molecule has 0 amide bonds. The second-order valence-electron chi connectivity index (χ2n) is 3.16. The van der Waals surface area contributed by atoms with Crippen LogP contribution in [0.1, 0.15) is 10.4 Å². The van der Waals surface area contributed by atoms with Crippen LogP contribution in [0.4, 0.5) is 0 Å². The molecule has 0 aliphatic heterocycles. The smallest absolute Gasteiger partial charge is 0.189 e. The van der Waals surface area contributed by atoms with Crippen molar-refractivity contribution < 1.29 is 23.7 Å². The zero-order chi connectivity index (χ0) is 12.5. The summed E-state index contributed by atoms with van der Waals surface area (Å²) in [6.07, 6.45) is 0.715. The van der Waals surface area contributed by atoms with E-state index in [0.29, 0.717) is 36.6 Å². The molecule has 1 aromatic carbocycles. The van der Waals surface area contributed by atoms with Gasteiger partial charge in [0.1, 0.15) is 0 Å². The Bertz CT molecular complexity index is 351. The lowest BCUT2D eigenvalue weighted by Gasteiger charge is -2.12. The highest BCUT2D eigenvalue weighted by molar-refractivity contribution is 5.81. The molecule has 1 rings (SSSR count). The van der Waals surface area contributed by atoms with Crippen LogP contribution < -0.4 is 9.47 Å². The van der Waals surface area contributed by atoms with Crippen LogP contribution in [-0.4, -0.2) is 40.5 Å². The first kappa shape index (κ1) is 13.5. The summed E-state index contributed by atoms with van der Waals surface area (Å²) in [5, 5.41) is 0. The highest BCUT2D eigenvalue weighted by Gasteiger charge is 2.09. The molecule has 0 N–H and O–H groups in total. The number of benzene rings is 1. The zero-order valence-corrected chi connectivity index (χ0v) is 9.97. The molecule has 1 aromatic rings. The Kier molecular flexibility index (Phi) is 6.06. The number of methoxy groups -OCH3 is 2. The molecule has 94 valence electrons. The van der Waals surface area contributed by atoms with E-state index in [1.807, 2.05) is 0 Å². The normalized spacial score (nSPS) is 10.0. The maximum absolute atomic E-state index is 10.8. The van der Waals surface area contributed by atoms with Gasteiger partial charge < -0.3 is 18.9 Å². The third kappa shape index (κ3) is 4.05. The van der Waals surface area contributed by atoms with E-state index in [2.05, 4.69) is 0 Å². The number of carbonyl (C=O) groups excluding carboxylic acids is 1. The molecule has 5 nitrogen and oxygen atoms in total. The van der Waals surface area contributed by atoms with Gasteiger partial charge in [0.2, 0.25) is 0 Å². The van der Waals surface area contributed by atoms with E-state index in [1.54, 1.807) is 25.3 Å². The van der Waals surface area contributed by atoms with Crippen molar-refractivity contribution in [1.29, 1.82) is 0 Å². The Morgan fingerprint density at radius 2 is 2.06 bits per heavy atom. The Balaban J connectivity index is 2.58. The molecular formula is C12H16O5. The number of para-hydroxylation sites is 1. The summed E-state index contributed by atoms with van der Waals surface area (Å²) in [6, 6.07) is 5.10. The van der Waals surface area contributed by atoms with Crippen molar-refractivity contribution in [1.82, 2.24) is 0 Å². The van der Waals surface area contributed by atoms with Gasteiger partial charge in [-0.05, 0) is 12.1 Å². The van der Waals surface area contributed by atoms with Crippen molar-refractivity contribution in [3.05, 3.63) is 23.8 Å². The fourth-order valence-corrected chi connectivity index (χ4v) is 1.24.